The first-order valence-corrected chi connectivity index (χ1v) is 5.71. The second kappa shape index (κ2) is 4.53. The summed E-state index contributed by atoms with van der Waals surface area (Å²) < 4.78 is 1.64. The van der Waals surface area contributed by atoms with Crippen LogP contribution in [0.15, 0.2) is 35.9 Å². The highest BCUT2D eigenvalue weighted by molar-refractivity contribution is 5.81. The van der Waals surface area contributed by atoms with Crippen LogP contribution in [0.5, 0.6) is 0 Å². The molecule has 0 atom stereocenters. The van der Waals surface area contributed by atoms with Gasteiger partial charge in [-0.25, -0.2) is 4.98 Å². The van der Waals surface area contributed by atoms with Crippen molar-refractivity contribution in [2.24, 2.45) is 0 Å². The van der Waals surface area contributed by atoms with Crippen molar-refractivity contribution in [3.63, 3.8) is 0 Å². The SMILES string of the molecule is C=CCCn1cnc2c(C)c(C)ccc2c1=O. The Morgan fingerprint density at radius 1 is 1.41 bits per heavy atom. The smallest absolute Gasteiger partial charge is 0.261 e. The molecule has 3 nitrogen and oxygen atoms in total. The molecule has 0 aliphatic carbocycles. The number of fused-ring (bicyclic) bond motifs is 1. The van der Waals surface area contributed by atoms with E-state index in [0.29, 0.717) is 11.9 Å². The molecule has 88 valence electrons. The minimum atomic E-state index is 0.0277. The van der Waals surface area contributed by atoms with E-state index in [9.17, 15) is 4.79 Å². The molecule has 1 heterocycles. The van der Waals surface area contributed by atoms with Crippen molar-refractivity contribution in [2.45, 2.75) is 26.8 Å². The van der Waals surface area contributed by atoms with E-state index in [1.165, 1.54) is 0 Å². The minimum absolute atomic E-state index is 0.0277. The Labute approximate surface area is 100 Å². The fourth-order valence-corrected chi connectivity index (χ4v) is 1.86. The molecule has 3 heteroatoms. The number of nitrogens with zero attached hydrogens (tertiary/aromatic N) is 2. The van der Waals surface area contributed by atoms with Crippen LogP contribution in [0.2, 0.25) is 0 Å². The van der Waals surface area contributed by atoms with E-state index in [2.05, 4.69) is 11.6 Å². The van der Waals surface area contributed by atoms with Gasteiger partial charge < -0.3 is 0 Å². The molecule has 2 aromatic rings. The summed E-state index contributed by atoms with van der Waals surface area (Å²) >= 11 is 0. The van der Waals surface area contributed by atoms with Crippen molar-refractivity contribution in [1.82, 2.24) is 9.55 Å². The molecule has 0 spiro atoms. The molecule has 0 aliphatic heterocycles. The van der Waals surface area contributed by atoms with Crippen LogP contribution in [-0.4, -0.2) is 9.55 Å². The molecular weight excluding hydrogens is 212 g/mol. The molecule has 0 amide bonds. The number of aryl methyl sites for hydroxylation is 3. The Hall–Kier alpha value is -1.90. The molecule has 17 heavy (non-hydrogen) atoms. The van der Waals surface area contributed by atoms with Gasteiger partial charge in [-0.2, -0.15) is 0 Å². The van der Waals surface area contributed by atoms with Gasteiger partial charge >= 0.3 is 0 Å². The predicted molar refractivity (Wildman–Crippen MR) is 70.3 cm³/mol. The van der Waals surface area contributed by atoms with Gasteiger partial charge in [-0.1, -0.05) is 12.1 Å². The molecule has 0 fully saturated rings. The summed E-state index contributed by atoms with van der Waals surface area (Å²) in [6.45, 7) is 8.32. The number of rotatable bonds is 3. The Morgan fingerprint density at radius 2 is 2.18 bits per heavy atom. The lowest BCUT2D eigenvalue weighted by molar-refractivity contribution is 0.674. The maximum Gasteiger partial charge on any atom is 0.261 e. The van der Waals surface area contributed by atoms with Gasteiger partial charge in [-0.3, -0.25) is 9.36 Å². The van der Waals surface area contributed by atoms with Crippen LogP contribution in [-0.2, 0) is 6.54 Å². The summed E-state index contributed by atoms with van der Waals surface area (Å²) in [5.41, 5.74) is 3.08. The van der Waals surface area contributed by atoms with Crippen molar-refractivity contribution in [3.8, 4) is 0 Å². The van der Waals surface area contributed by atoms with E-state index in [0.717, 1.165) is 23.1 Å². The third kappa shape index (κ3) is 2.00. The van der Waals surface area contributed by atoms with Crippen molar-refractivity contribution in [2.75, 3.05) is 0 Å². The molecule has 1 aromatic carbocycles. The summed E-state index contributed by atoms with van der Waals surface area (Å²) in [7, 11) is 0. The van der Waals surface area contributed by atoms with Crippen LogP contribution >= 0.6 is 0 Å². The number of hydrogen-bond donors (Lipinski definition) is 0. The van der Waals surface area contributed by atoms with Gasteiger partial charge in [0.25, 0.3) is 5.56 Å². The first-order chi connectivity index (χ1) is 8.15. The molecule has 0 unspecified atom stereocenters. The second-order valence-electron chi connectivity index (χ2n) is 4.22. The largest absolute Gasteiger partial charge is 0.298 e. The van der Waals surface area contributed by atoms with Crippen LogP contribution in [0, 0.1) is 13.8 Å². The molecule has 0 bridgehead atoms. The summed E-state index contributed by atoms with van der Waals surface area (Å²) in [5.74, 6) is 0. The molecule has 0 saturated carbocycles. The number of hydrogen-bond acceptors (Lipinski definition) is 2. The quantitative estimate of drug-likeness (QED) is 0.757. The summed E-state index contributed by atoms with van der Waals surface area (Å²) in [6.07, 6.45) is 4.20. The van der Waals surface area contributed by atoms with Gasteiger partial charge in [0.15, 0.2) is 0 Å². The summed E-state index contributed by atoms with van der Waals surface area (Å²) in [6, 6.07) is 3.83. The van der Waals surface area contributed by atoms with Gasteiger partial charge in [-0.15, -0.1) is 6.58 Å². The van der Waals surface area contributed by atoms with Gasteiger partial charge in [0.1, 0.15) is 0 Å². The highest BCUT2D eigenvalue weighted by Crippen LogP contribution is 2.16. The Morgan fingerprint density at radius 3 is 2.88 bits per heavy atom. The molecule has 1 aromatic heterocycles. The van der Waals surface area contributed by atoms with Crippen molar-refractivity contribution >= 4 is 10.9 Å². The van der Waals surface area contributed by atoms with E-state index >= 15 is 0 Å². The van der Waals surface area contributed by atoms with Crippen molar-refractivity contribution < 1.29 is 0 Å². The van der Waals surface area contributed by atoms with Gasteiger partial charge in [-0.05, 0) is 37.5 Å². The maximum atomic E-state index is 12.2. The van der Waals surface area contributed by atoms with Crippen molar-refractivity contribution in [3.05, 3.63) is 52.6 Å². The topological polar surface area (TPSA) is 34.9 Å². The molecular formula is C14H16N2O. The molecule has 0 radical (unpaired) electrons. The number of aromatic nitrogens is 2. The number of benzene rings is 1. The summed E-state index contributed by atoms with van der Waals surface area (Å²) in [5, 5.41) is 0.694. The first-order valence-electron chi connectivity index (χ1n) is 5.71. The first kappa shape index (κ1) is 11.6. The Balaban J connectivity index is 2.65. The van der Waals surface area contributed by atoms with Gasteiger partial charge in [0.05, 0.1) is 17.2 Å². The average molecular weight is 228 g/mol. The van der Waals surface area contributed by atoms with Crippen LogP contribution in [0.1, 0.15) is 17.5 Å². The van der Waals surface area contributed by atoms with E-state index < -0.39 is 0 Å². The lowest BCUT2D eigenvalue weighted by atomic mass is 10.1. The Bertz CT molecular complexity index is 626. The van der Waals surface area contributed by atoms with E-state index in [1.54, 1.807) is 17.0 Å². The van der Waals surface area contributed by atoms with Crippen LogP contribution < -0.4 is 5.56 Å². The molecule has 2 rings (SSSR count). The molecule has 0 aliphatic rings. The standard InChI is InChI=1S/C14H16N2O/c1-4-5-8-16-9-15-13-11(3)10(2)6-7-12(13)14(16)17/h4,6-7,9H,1,5,8H2,2-3H3. The van der Waals surface area contributed by atoms with E-state index in [4.69, 9.17) is 0 Å². The fraction of sp³-hybridized carbons (Fsp3) is 0.286. The van der Waals surface area contributed by atoms with Crippen LogP contribution in [0.4, 0.5) is 0 Å². The third-order valence-corrected chi connectivity index (χ3v) is 3.09. The monoisotopic (exact) mass is 228 g/mol. The zero-order valence-corrected chi connectivity index (χ0v) is 10.2. The molecule has 0 saturated heterocycles. The third-order valence-electron chi connectivity index (χ3n) is 3.09. The lowest BCUT2D eigenvalue weighted by Gasteiger charge is -2.08. The van der Waals surface area contributed by atoms with Crippen LogP contribution in [0.3, 0.4) is 0 Å². The fourth-order valence-electron chi connectivity index (χ4n) is 1.86. The van der Waals surface area contributed by atoms with Gasteiger partial charge in [0.2, 0.25) is 0 Å². The normalized spacial score (nSPS) is 10.7. The van der Waals surface area contributed by atoms with E-state index in [-0.39, 0.29) is 5.56 Å². The highest BCUT2D eigenvalue weighted by atomic mass is 16.1. The molecule has 0 N–H and O–H groups in total. The highest BCUT2D eigenvalue weighted by Gasteiger charge is 2.06. The Kier molecular flexibility index (Phi) is 3.09. The lowest BCUT2D eigenvalue weighted by Crippen LogP contribution is -2.20. The minimum Gasteiger partial charge on any atom is -0.298 e. The zero-order chi connectivity index (χ0) is 12.4. The van der Waals surface area contributed by atoms with E-state index in [1.807, 2.05) is 26.0 Å². The average Bonchev–Trinajstić information content (AvgIpc) is 2.33. The van der Waals surface area contributed by atoms with Crippen LogP contribution in [0.25, 0.3) is 10.9 Å². The van der Waals surface area contributed by atoms with Gasteiger partial charge in [0, 0.05) is 6.54 Å². The second-order valence-corrected chi connectivity index (χ2v) is 4.22. The maximum absolute atomic E-state index is 12.2. The van der Waals surface area contributed by atoms with Crippen molar-refractivity contribution in [1.29, 1.82) is 0 Å². The summed E-state index contributed by atoms with van der Waals surface area (Å²) in [4.78, 5) is 16.6. The number of allylic oxidation sites excluding steroid dienone is 1. The predicted octanol–water partition coefficient (Wildman–Crippen LogP) is 2.59. The zero-order valence-electron chi connectivity index (χ0n) is 10.2.